The molecule has 160 valence electrons. The molecule has 1 spiro atoms. The first-order valence-electron chi connectivity index (χ1n) is 11.5. The Morgan fingerprint density at radius 1 is 0.618 bits per heavy atom. The fourth-order valence-electron chi connectivity index (χ4n) is 6.27. The second kappa shape index (κ2) is 6.31. The molecule has 0 saturated heterocycles. The number of rotatable bonds is 0. The third kappa shape index (κ3) is 2.08. The zero-order valence-corrected chi connectivity index (χ0v) is 18.9. The van der Waals surface area contributed by atoms with Gasteiger partial charge in [0.15, 0.2) is 0 Å². The largest absolute Gasteiger partial charge is 0.456 e. The zero-order valence-electron chi connectivity index (χ0n) is 18.1. The molecule has 6 aromatic rings. The van der Waals surface area contributed by atoms with E-state index in [0.29, 0.717) is 5.02 Å². The Morgan fingerprint density at radius 3 is 2.03 bits per heavy atom. The van der Waals surface area contributed by atoms with Crippen LogP contribution in [-0.2, 0) is 5.41 Å². The number of halogens is 1. The minimum Gasteiger partial charge on any atom is -0.456 e. The van der Waals surface area contributed by atoms with E-state index in [2.05, 4.69) is 89.9 Å². The molecule has 0 atom stereocenters. The van der Waals surface area contributed by atoms with Crippen LogP contribution < -0.4 is 4.74 Å². The van der Waals surface area contributed by atoms with Gasteiger partial charge < -0.3 is 9.72 Å². The van der Waals surface area contributed by atoms with E-state index in [9.17, 15) is 0 Å². The van der Waals surface area contributed by atoms with E-state index in [-0.39, 0.29) is 0 Å². The third-order valence-electron chi connectivity index (χ3n) is 7.54. The van der Waals surface area contributed by atoms with Gasteiger partial charge in [-0.05, 0) is 52.6 Å². The summed E-state index contributed by atoms with van der Waals surface area (Å²) in [4.78, 5) is 3.56. The van der Waals surface area contributed by atoms with Gasteiger partial charge in [0.1, 0.15) is 11.5 Å². The number of aromatic nitrogens is 1. The highest BCUT2D eigenvalue weighted by molar-refractivity contribution is 6.32. The highest BCUT2D eigenvalue weighted by Gasteiger charge is 2.51. The summed E-state index contributed by atoms with van der Waals surface area (Å²) >= 11 is 6.44. The molecule has 8 rings (SSSR count). The van der Waals surface area contributed by atoms with E-state index < -0.39 is 5.41 Å². The number of fused-ring (bicyclic) bond motifs is 13. The molecule has 0 bridgehead atoms. The molecular weight excluding hydrogens is 438 g/mol. The topological polar surface area (TPSA) is 25.0 Å². The molecule has 2 heterocycles. The Morgan fingerprint density at radius 2 is 1.26 bits per heavy atom. The Hall–Kier alpha value is -4.01. The quantitative estimate of drug-likeness (QED) is 0.244. The molecule has 0 amide bonds. The smallest absolute Gasteiger partial charge is 0.142 e. The van der Waals surface area contributed by atoms with E-state index >= 15 is 0 Å². The zero-order chi connectivity index (χ0) is 22.4. The van der Waals surface area contributed by atoms with Crippen LogP contribution in [0.3, 0.4) is 0 Å². The predicted octanol–water partition coefficient (Wildman–Crippen LogP) is 8.44. The van der Waals surface area contributed by atoms with Crippen LogP contribution in [0.5, 0.6) is 11.5 Å². The average molecular weight is 456 g/mol. The Labute approximate surface area is 201 Å². The molecule has 0 unspecified atom stereocenters. The molecule has 0 saturated carbocycles. The standard InChI is InChI=1S/C31H18ClNO/c32-18-13-15-26-21(17-18)29-27(33-26)16-14-25-30(29)34-28-12-6-5-11-24(28)31(25)22-9-3-1-7-19(22)20-8-2-4-10-23(20)31/h1-17,33H. The van der Waals surface area contributed by atoms with Gasteiger partial charge in [-0.2, -0.15) is 0 Å². The fourth-order valence-corrected chi connectivity index (χ4v) is 6.44. The maximum absolute atomic E-state index is 6.75. The van der Waals surface area contributed by atoms with Crippen molar-refractivity contribution in [2.75, 3.05) is 0 Å². The van der Waals surface area contributed by atoms with Crippen LogP contribution in [0.4, 0.5) is 0 Å². The number of aromatic amines is 1. The Kier molecular flexibility index (Phi) is 3.42. The van der Waals surface area contributed by atoms with Crippen molar-refractivity contribution in [1.29, 1.82) is 0 Å². The number of nitrogens with one attached hydrogen (secondary N) is 1. The number of para-hydroxylation sites is 1. The summed E-state index contributed by atoms with van der Waals surface area (Å²) in [6.07, 6.45) is 0. The molecule has 1 aromatic heterocycles. The molecule has 5 aromatic carbocycles. The van der Waals surface area contributed by atoms with Gasteiger partial charge in [0.25, 0.3) is 0 Å². The minimum absolute atomic E-state index is 0.451. The minimum atomic E-state index is -0.451. The SMILES string of the molecule is Clc1ccc2[nH]c3ccc4c(c3c2c1)Oc1ccccc1C41c2ccccc2-c2ccccc21. The van der Waals surface area contributed by atoms with Crippen LogP contribution in [0, 0.1) is 0 Å². The van der Waals surface area contributed by atoms with Crippen molar-refractivity contribution in [1.82, 2.24) is 4.98 Å². The van der Waals surface area contributed by atoms with Crippen LogP contribution in [0.1, 0.15) is 22.3 Å². The fraction of sp³-hybridized carbons (Fsp3) is 0.0323. The summed E-state index contributed by atoms with van der Waals surface area (Å²) in [5, 5.41) is 2.87. The Bertz CT molecular complexity index is 1770. The first-order chi connectivity index (χ1) is 16.8. The number of H-pyrrole nitrogens is 1. The van der Waals surface area contributed by atoms with Crippen molar-refractivity contribution in [2.45, 2.75) is 5.41 Å². The number of hydrogen-bond donors (Lipinski definition) is 1. The number of hydrogen-bond acceptors (Lipinski definition) is 1. The maximum atomic E-state index is 6.75. The summed E-state index contributed by atoms with van der Waals surface area (Å²) in [6, 6.07) is 36.5. The van der Waals surface area contributed by atoms with Crippen molar-refractivity contribution in [3.8, 4) is 22.6 Å². The predicted molar refractivity (Wildman–Crippen MR) is 138 cm³/mol. The van der Waals surface area contributed by atoms with Gasteiger partial charge >= 0.3 is 0 Å². The van der Waals surface area contributed by atoms with E-state index in [4.69, 9.17) is 16.3 Å². The average Bonchev–Trinajstić information content (AvgIpc) is 3.39. The summed E-state index contributed by atoms with van der Waals surface area (Å²) in [7, 11) is 0. The lowest BCUT2D eigenvalue weighted by atomic mass is 9.66. The van der Waals surface area contributed by atoms with Gasteiger partial charge in [-0.25, -0.2) is 0 Å². The van der Waals surface area contributed by atoms with Crippen molar-refractivity contribution in [2.24, 2.45) is 0 Å². The lowest BCUT2D eigenvalue weighted by Crippen LogP contribution is -2.32. The molecule has 3 heteroatoms. The molecule has 1 aliphatic carbocycles. The van der Waals surface area contributed by atoms with E-state index in [1.54, 1.807) is 0 Å². The van der Waals surface area contributed by atoms with Crippen LogP contribution in [0.15, 0.2) is 103 Å². The molecule has 34 heavy (non-hydrogen) atoms. The maximum Gasteiger partial charge on any atom is 0.142 e. The van der Waals surface area contributed by atoms with Gasteiger partial charge in [0, 0.05) is 27.1 Å². The van der Waals surface area contributed by atoms with Gasteiger partial charge in [-0.15, -0.1) is 0 Å². The van der Waals surface area contributed by atoms with Crippen molar-refractivity contribution in [3.63, 3.8) is 0 Å². The summed E-state index contributed by atoms with van der Waals surface area (Å²) in [6.45, 7) is 0. The monoisotopic (exact) mass is 455 g/mol. The van der Waals surface area contributed by atoms with Crippen LogP contribution in [-0.4, -0.2) is 4.98 Å². The first-order valence-corrected chi connectivity index (χ1v) is 11.9. The second-order valence-corrected chi connectivity index (χ2v) is 9.56. The van der Waals surface area contributed by atoms with E-state index in [0.717, 1.165) is 38.9 Å². The van der Waals surface area contributed by atoms with Crippen molar-refractivity contribution < 1.29 is 4.74 Å². The van der Waals surface area contributed by atoms with Crippen molar-refractivity contribution >= 4 is 33.4 Å². The van der Waals surface area contributed by atoms with Gasteiger partial charge in [-0.1, -0.05) is 84.4 Å². The summed E-state index contributed by atoms with van der Waals surface area (Å²) in [5.41, 5.74) is 9.14. The van der Waals surface area contributed by atoms with Crippen molar-refractivity contribution in [3.05, 3.63) is 130 Å². The highest BCUT2D eigenvalue weighted by atomic mass is 35.5. The summed E-state index contributed by atoms with van der Waals surface area (Å²) < 4.78 is 6.75. The molecule has 2 aliphatic rings. The van der Waals surface area contributed by atoms with E-state index in [1.165, 1.54) is 27.8 Å². The Balaban J connectivity index is 1.61. The third-order valence-corrected chi connectivity index (χ3v) is 7.77. The molecule has 1 N–H and O–H groups in total. The van der Waals surface area contributed by atoms with Crippen LogP contribution in [0.2, 0.25) is 5.02 Å². The lowest BCUT2D eigenvalue weighted by Gasteiger charge is -2.39. The number of benzene rings is 5. The molecular formula is C31H18ClNO. The van der Waals surface area contributed by atoms with E-state index in [1.807, 2.05) is 18.2 Å². The van der Waals surface area contributed by atoms with Crippen LogP contribution in [0.25, 0.3) is 32.9 Å². The van der Waals surface area contributed by atoms with Gasteiger partial charge in [-0.3, -0.25) is 0 Å². The highest BCUT2D eigenvalue weighted by Crippen LogP contribution is 2.63. The van der Waals surface area contributed by atoms with Gasteiger partial charge in [0.05, 0.1) is 16.3 Å². The first kappa shape index (κ1) is 18.4. The van der Waals surface area contributed by atoms with Crippen LogP contribution >= 0.6 is 11.6 Å². The summed E-state index contributed by atoms with van der Waals surface area (Å²) in [5.74, 6) is 1.79. The molecule has 1 aliphatic heterocycles. The lowest BCUT2D eigenvalue weighted by molar-refractivity contribution is 0.442. The molecule has 0 fully saturated rings. The molecule has 0 radical (unpaired) electrons. The normalized spacial score (nSPS) is 14.5. The number of ether oxygens (including phenoxy) is 1. The molecule has 2 nitrogen and oxygen atoms in total. The van der Waals surface area contributed by atoms with Gasteiger partial charge in [0.2, 0.25) is 0 Å². The second-order valence-electron chi connectivity index (χ2n) is 9.12.